The van der Waals surface area contributed by atoms with Crippen molar-refractivity contribution in [2.75, 3.05) is 31.3 Å². The lowest BCUT2D eigenvalue weighted by atomic mass is 9.90. The maximum Gasteiger partial charge on any atom is 0.321 e. The highest BCUT2D eigenvalue weighted by Gasteiger charge is 2.42. The standard InChI is InChI=1S/C18H24N2O5S/c1-18(16(22)23)7-8-20(12-18)17(24)19-14-5-3-4-13(10-14)11-26-9-6-15(21)25-2/h3-5,10H,6-9,11-12H2,1-2H3,(H,19,24)(H,22,23). The molecule has 2 N–H and O–H groups in total. The van der Waals surface area contributed by atoms with Gasteiger partial charge in [0.15, 0.2) is 0 Å². The van der Waals surface area contributed by atoms with Gasteiger partial charge in [-0.25, -0.2) is 4.79 Å². The van der Waals surface area contributed by atoms with Crippen LogP contribution in [0.5, 0.6) is 0 Å². The Hall–Kier alpha value is -2.22. The topological polar surface area (TPSA) is 95.9 Å². The molecule has 0 radical (unpaired) electrons. The van der Waals surface area contributed by atoms with Crippen molar-refractivity contribution >= 4 is 35.4 Å². The van der Waals surface area contributed by atoms with E-state index in [2.05, 4.69) is 10.1 Å². The van der Waals surface area contributed by atoms with Crippen LogP contribution in [0.2, 0.25) is 0 Å². The van der Waals surface area contributed by atoms with Crippen molar-refractivity contribution in [3.8, 4) is 0 Å². The summed E-state index contributed by atoms with van der Waals surface area (Å²) in [6.07, 6.45) is 0.821. The summed E-state index contributed by atoms with van der Waals surface area (Å²) in [6.45, 7) is 2.30. The number of rotatable bonds is 7. The number of methoxy groups -OCH3 is 1. The lowest BCUT2D eigenvalue weighted by Gasteiger charge is -2.20. The number of urea groups is 1. The molecule has 1 aliphatic heterocycles. The van der Waals surface area contributed by atoms with Crippen LogP contribution in [0.15, 0.2) is 24.3 Å². The van der Waals surface area contributed by atoms with Gasteiger partial charge in [0.25, 0.3) is 0 Å². The molecule has 0 aromatic heterocycles. The minimum Gasteiger partial charge on any atom is -0.481 e. The second-order valence-corrected chi connectivity index (χ2v) is 7.65. The number of hydrogen-bond acceptors (Lipinski definition) is 5. The largest absolute Gasteiger partial charge is 0.481 e. The van der Waals surface area contributed by atoms with Crippen molar-refractivity contribution in [2.24, 2.45) is 5.41 Å². The zero-order chi connectivity index (χ0) is 19.2. The van der Waals surface area contributed by atoms with Gasteiger partial charge in [0.1, 0.15) is 0 Å². The molecule has 1 fully saturated rings. The lowest BCUT2D eigenvalue weighted by molar-refractivity contribution is -0.147. The summed E-state index contributed by atoms with van der Waals surface area (Å²) in [5, 5.41) is 12.1. The number of hydrogen-bond donors (Lipinski definition) is 2. The molecule has 0 saturated carbocycles. The fourth-order valence-corrected chi connectivity index (χ4v) is 3.57. The number of ether oxygens (including phenoxy) is 1. The molecule has 0 aliphatic carbocycles. The van der Waals surface area contributed by atoms with Gasteiger partial charge in [-0.05, 0) is 31.0 Å². The highest BCUT2D eigenvalue weighted by atomic mass is 32.2. The molecule has 2 rings (SSSR count). The molecule has 0 spiro atoms. The number of carbonyl (C=O) groups is 3. The summed E-state index contributed by atoms with van der Waals surface area (Å²) >= 11 is 1.62. The fraction of sp³-hybridized carbons (Fsp3) is 0.500. The molecule has 0 bridgehead atoms. The molecule has 1 aliphatic rings. The second-order valence-electron chi connectivity index (χ2n) is 6.55. The van der Waals surface area contributed by atoms with Crippen molar-refractivity contribution in [2.45, 2.75) is 25.5 Å². The molecule has 26 heavy (non-hydrogen) atoms. The third-order valence-corrected chi connectivity index (χ3v) is 5.43. The number of nitrogens with zero attached hydrogens (tertiary/aromatic N) is 1. The number of anilines is 1. The van der Waals surface area contributed by atoms with Gasteiger partial charge in [0, 0.05) is 30.3 Å². The highest BCUT2D eigenvalue weighted by molar-refractivity contribution is 7.98. The molecule has 1 aromatic rings. The van der Waals surface area contributed by atoms with E-state index in [0.717, 1.165) is 11.3 Å². The van der Waals surface area contributed by atoms with Crippen molar-refractivity contribution in [1.29, 1.82) is 0 Å². The quantitative estimate of drug-likeness (QED) is 0.558. The number of thioether (sulfide) groups is 1. The molecular weight excluding hydrogens is 356 g/mol. The van der Waals surface area contributed by atoms with Gasteiger partial charge in [0.2, 0.25) is 0 Å². The molecule has 142 valence electrons. The number of nitrogens with one attached hydrogen (secondary N) is 1. The van der Waals surface area contributed by atoms with E-state index in [0.29, 0.717) is 30.8 Å². The summed E-state index contributed by atoms with van der Waals surface area (Å²) in [6, 6.07) is 7.21. The van der Waals surface area contributed by atoms with Crippen LogP contribution in [0.3, 0.4) is 0 Å². The van der Waals surface area contributed by atoms with Gasteiger partial charge in [-0.2, -0.15) is 11.8 Å². The number of carboxylic acids is 1. The van der Waals surface area contributed by atoms with Gasteiger partial charge in [-0.15, -0.1) is 0 Å². The van der Waals surface area contributed by atoms with E-state index < -0.39 is 11.4 Å². The fourth-order valence-electron chi connectivity index (χ4n) is 2.70. The average molecular weight is 380 g/mol. The minimum atomic E-state index is -0.879. The van der Waals surface area contributed by atoms with E-state index in [1.165, 1.54) is 12.0 Å². The first-order valence-corrected chi connectivity index (χ1v) is 9.52. The third-order valence-electron chi connectivity index (χ3n) is 4.40. The predicted molar refractivity (Wildman–Crippen MR) is 100 cm³/mol. The zero-order valence-corrected chi connectivity index (χ0v) is 15.8. The SMILES string of the molecule is COC(=O)CCSCc1cccc(NC(=O)N2CCC(C)(C(=O)O)C2)c1. The number of esters is 1. The Morgan fingerprint density at radius 3 is 2.81 bits per heavy atom. The van der Waals surface area contributed by atoms with Crippen LogP contribution in [-0.4, -0.2) is 53.9 Å². The Morgan fingerprint density at radius 1 is 1.38 bits per heavy atom. The summed E-state index contributed by atoms with van der Waals surface area (Å²) in [7, 11) is 1.37. The van der Waals surface area contributed by atoms with Crippen LogP contribution in [-0.2, 0) is 20.1 Å². The summed E-state index contributed by atoms with van der Waals surface area (Å²) in [5.41, 5.74) is 0.828. The average Bonchev–Trinajstić information content (AvgIpc) is 3.03. The Bertz CT molecular complexity index is 681. The lowest BCUT2D eigenvalue weighted by Crippen LogP contribution is -2.37. The maximum atomic E-state index is 12.4. The predicted octanol–water partition coefficient (Wildman–Crippen LogP) is 2.81. The number of carboxylic acid groups (broad SMARTS) is 1. The Kier molecular flexibility index (Phi) is 6.90. The van der Waals surface area contributed by atoms with Crippen LogP contribution < -0.4 is 5.32 Å². The van der Waals surface area contributed by atoms with Gasteiger partial charge in [0.05, 0.1) is 18.9 Å². The molecule has 1 unspecified atom stereocenters. The van der Waals surface area contributed by atoms with E-state index in [9.17, 15) is 19.5 Å². The normalized spacial score (nSPS) is 19.2. The number of aliphatic carboxylic acids is 1. The van der Waals surface area contributed by atoms with Crippen LogP contribution in [0.25, 0.3) is 0 Å². The first-order valence-electron chi connectivity index (χ1n) is 8.37. The Morgan fingerprint density at radius 2 is 2.15 bits per heavy atom. The monoisotopic (exact) mass is 380 g/mol. The van der Waals surface area contributed by atoms with Gasteiger partial charge in [-0.1, -0.05) is 12.1 Å². The Labute approximate surface area is 157 Å². The summed E-state index contributed by atoms with van der Waals surface area (Å²) in [5.74, 6) is 0.294. The smallest absolute Gasteiger partial charge is 0.321 e. The summed E-state index contributed by atoms with van der Waals surface area (Å²) < 4.78 is 4.60. The van der Waals surface area contributed by atoms with Crippen molar-refractivity contribution in [3.05, 3.63) is 29.8 Å². The molecule has 8 heteroatoms. The number of carbonyl (C=O) groups excluding carboxylic acids is 2. The van der Waals surface area contributed by atoms with Gasteiger partial charge in [-0.3, -0.25) is 9.59 Å². The first kappa shape index (κ1) is 20.1. The maximum absolute atomic E-state index is 12.4. The molecule has 1 aromatic carbocycles. The van der Waals surface area contributed by atoms with Crippen LogP contribution in [0, 0.1) is 5.41 Å². The molecular formula is C18H24N2O5S. The van der Waals surface area contributed by atoms with E-state index >= 15 is 0 Å². The van der Waals surface area contributed by atoms with Crippen molar-refractivity contribution in [3.63, 3.8) is 0 Å². The van der Waals surface area contributed by atoms with E-state index in [4.69, 9.17) is 0 Å². The van der Waals surface area contributed by atoms with Crippen molar-refractivity contribution < 1.29 is 24.2 Å². The molecule has 1 atom stereocenters. The van der Waals surface area contributed by atoms with E-state index in [1.54, 1.807) is 24.8 Å². The Balaban J connectivity index is 1.85. The number of benzene rings is 1. The van der Waals surface area contributed by atoms with Gasteiger partial charge >= 0.3 is 18.0 Å². The molecule has 2 amide bonds. The minimum absolute atomic E-state index is 0.206. The summed E-state index contributed by atoms with van der Waals surface area (Å²) in [4.78, 5) is 36.3. The highest BCUT2D eigenvalue weighted by Crippen LogP contribution is 2.30. The van der Waals surface area contributed by atoms with Crippen LogP contribution in [0.4, 0.5) is 10.5 Å². The first-order chi connectivity index (χ1) is 12.3. The zero-order valence-electron chi connectivity index (χ0n) is 15.0. The van der Waals surface area contributed by atoms with Gasteiger partial charge < -0.3 is 20.1 Å². The van der Waals surface area contributed by atoms with E-state index in [1.807, 2.05) is 18.2 Å². The van der Waals surface area contributed by atoms with Crippen LogP contribution in [0.1, 0.15) is 25.3 Å². The molecule has 1 heterocycles. The number of likely N-dealkylation sites (tertiary alicyclic amines) is 1. The number of amides is 2. The van der Waals surface area contributed by atoms with Crippen LogP contribution >= 0.6 is 11.8 Å². The third kappa shape index (κ3) is 5.39. The molecule has 7 nitrogen and oxygen atoms in total. The molecule has 1 saturated heterocycles. The second kappa shape index (κ2) is 8.93. The van der Waals surface area contributed by atoms with E-state index in [-0.39, 0.29) is 18.5 Å². The van der Waals surface area contributed by atoms with Crippen molar-refractivity contribution in [1.82, 2.24) is 4.90 Å².